The predicted molar refractivity (Wildman–Crippen MR) is 133 cm³/mol. The molecule has 2 aromatic carbocycles. The van der Waals surface area contributed by atoms with Crippen LogP contribution in [0.25, 0.3) is 22.7 Å². The number of rotatable bonds is 4. The van der Waals surface area contributed by atoms with E-state index in [1.54, 1.807) is 30.5 Å². The van der Waals surface area contributed by atoms with Gasteiger partial charge in [0.05, 0.1) is 18.3 Å². The molecule has 8 nitrogen and oxygen atoms in total. The molecule has 0 spiro atoms. The average Bonchev–Trinajstić information content (AvgIpc) is 3.14. The second-order valence-corrected chi connectivity index (χ2v) is 8.20. The summed E-state index contributed by atoms with van der Waals surface area (Å²) in [5, 5.41) is 3.27. The zero-order valence-electron chi connectivity index (χ0n) is 19.4. The average molecular weight is 466 g/mol. The van der Waals surface area contributed by atoms with Gasteiger partial charge in [0.15, 0.2) is 0 Å². The van der Waals surface area contributed by atoms with Gasteiger partial charge in [0, 0.05) is 28.7 Å². The maximum absolute atomic E-state index is 13.3. The Bertz CT molecular complexity index is 1530. The van der Waals surface area contributed by atoms with Crippen molar-refractivity contribution in [1.29, 1.82) is 0 Å². The number of carbonyl (C=O) groups excluding carboxylic acids is 3. The summed E-state index contributed by atoms with van der Waals surface area (Å²) in [6, 6.07) is 17.4. The summed E-state index contributed by atoms with van der Waals surface area (Å²) in [5.41, 5.74) is 4.55. The molecule has 0 radical (unpaired) electrons. The first-order valence-electron chi connectivity index (χ1n) is 11.0. The van der Waals surface area contributed by atoms with Gasteiger partial charge in [-0.05, 0) is 80.1 Å². The summed E-state index contributed by atoms with van der Waals surface area (Å²) in [6.45, 7) is 3.88. The van der Waals surface area contributed by atoms with Crippen LogP contribution >= 0.6 is 0 Å². The van der Waals surface area contributed by atoms with Crippen molar-refractivity contribution >= 4 is 40.5 Å². The maximum Gasteiger partial charge on any atom is 0.335 e. The van der Waals surface area contributed by atoms with Crippen molar-refractivity contribution in [3.8, 4) is 11.4 Å². The molecule has 1 fully saturated rings. The molecule has 1 N–H and O–H groups in total. The summed E-state index contributed by atoms with van der Waals surface area (Å²) < 4.78 is 7.19. The van der Waals surface area contributed by atoms with Crippen molar-refractivity contribution < 1.29 is 19.1 Å². The Morgan fingerprint density at radius 3 is 2.43 bits per heavy atom. The monoisotopic (exact) mass is 466 g/mol. The zero-order chi connectivity index (χ0) is 24.7. The van der Waals surface area contributed by atoms with Crippen molar-refractivity contribution in [1.82, 2.24) is 14.9 Å². The minimum Gasteiger partial charge on any atom is -0.497 e. The fraction of sp³-hybridized carbons (Fsp3) is 0.111. The van der Waals surface area contributed by atoms with Crippen molar-refractivity contribution in [2.45, 2.75) is 13.8 Å². The third-order valence-corrected chi connectivity index (χ3v) is 6.05. The highest BCUT2D eigenvalue weighted by atomic mass is 16.5. The second-order valence-electron chi connectivity index (χ2n) is 8.20. The number of aryl methyl sites for hydroxylation is 1. The lowest BCUT2D eigenvalue weighted by atomic mass is 10.1. The number of hydrogen-bond donors (Lipinski definition) is 1. The first-order valence-corrected chi connectivity index (χ1v) is 11.0. The summed E-state index contributed by atoms with van der Waals surface area (Å²) in [4.78, 5) is 43.7. The molecule has 2 aromatic heterocycles. The number of nitrogens with one attached hydrogen (secondary N) is 1. The molecular weight excluding hydrogens is 444 g/mol. The van der Waals surface area contributed by atoms with Crippen LogP contribution < -0.4 is 15.0 Å². The molecular formula is C27H22N4O4. The van der Waals surface area contributed by atoms with Crippen LogP contribution in [0.5, 0.6) is 5.75 Å². The fourth-order valence-corrected chi connectivity index (χ4v) is 4.31. The number of pyridine rings is 1. The highest BCUT2D eigenvalue weighted by molar-refractivity contribution is 6.39. The molecule has 0 bridgehead atoms. The van der Waals surface area contributed by atoms with Crippen LogP contribution in [0.3, 0.4) is 0 Å². The van der Waals surface area contributed by atoms with Crippen molar-refractivity contribution in [2.75, 3.05) is 12.0 Å². The van der Waals surface area contributed by atoms with E-state index in [1.165, 1.54) is 13.2 Å². The van der Waals surface area contributed by atoms with E-state index in [0.717, 1.165) is 32.9 Å². The van der Waals surface area contributed by atoms with E-state index < -0.39 is 17.8 Å². The first-order chi connectivity index (χ1) is 16.9. The molecule has 4 aromatic rings. The summed E-state index contributed by atoms with van der Waals surface area (Å²) in [5.74, 6) is -0.834. The number of amides is 4. The molecule has 0 atom stereocenters. The van der Waals surface area contributed by atoms with Crippen molar-refractivity contribution in [3.05, 3.63) is 89.4 Å². The molecule has 0 saturated carbocycles. The van der Waals surface area contributed by atoms with Crippen molar-refractivity contribution in [3.63, 3.8) is 0 Å². The fourth-order valence-electron chi connectivity index (χ4n) is 4.31. The number of aromatic nitrogens is 2. The number of carbonyl (C=O) groups is 3. The second kappa shape index (κ2) is 8.57. The number of benzene rings is 2. The van der Waals surface area contributed by atoms with Gasteiger partial charge in [-0.15, -0.1) is 0 Å². The molecule has 35 heavy (non-hydrogen) atoms. The lowest BCUT2D eigenvalue weighted by Crippen LogP contribution is -2.54. The first kappa shape index (κ1) is 22.1. The van der Waals surface area contributed by atoms with Crippen LogP contribution in [0.1, 0.15) is 17.0 Å². The molecule has 1 aliphatic heterocycles. The lowest BCUT2D eigenvalue weighted by molar-refractivity contribution is -0.122. The molecule has 0 unspecified atom stereocenters. The summed E-state index contributed by atoms with van der Waals surface area (Å²) in [7, 11) is 1.53. The number of nitrogens with zero attached hydrogens (tertiary/aromatic N) is 3. The minimum atomic E-state index is -0.794. The zero-order valence-corrected chi connectivity index (χ0v) is 19.4. The van der Waals surface area contributed by atoms with Gasteiger partial charge in [0.25, 0.3) is 11.8 Å². The number of hydrogen-bond acceptors (Lipinski definition) is 5. The van der Waals surface area contributed by atoms with Crippen LogP contribution in [0, 0.1) is 13.8 Å². The molecule has 3 heterocycles. The minimum absolute atomic E-state index is 0.122. The Balaban J connectivity index is 1.54. The van der Waals surface area contributed by atoms with E-state index in [1.807, 2.05) is 50.2 Å². The topological polar surface area (TPSA) is 93.5 Å². The van der Waals surface area contributed by atoms with E-state index in [9.17, 15) is 14.4 Å². The van der Waals surface area contributed by atoms with Gasteiger partial charge in [-0.25, -0.2) is 9.69 Å². The van der Waals surface area contributed by atoms with E-state index in [2.05, 4.69) is 14.9 Å². The third kappa shape index (κ3) is 3.85. The molecule has 8 heteroatoms. The van der Waals surface area contributed by atoms with Gasteiger partial charge in [-0.3, -0.25) is 19.9 Å². The Hall–Kier alpha value is -4.72. The summed E-state index contributed by atoms with van der Waals surface area (Å²) >= 11 is 0. The Morgan fingerprint density at radius 2 is 1.69 bits per heavy atom. The van der Waals surface area contributed by atoms with Crippen molar-refractivity contribution in [2.24, 2.45) is 0 Å². The highest BCUT2D eigenvalue weighted by Crippen LogP contribution is 2.28. The molecule has 4 amide bonds. The van der Waals surface area contributed by atoms with Crippen LogP contribution in [-0.4, -0.2) is 34.5 Å². The van der Waals surface area contributed by atoms with Crippen LogP contribution in [-0.2, 0) is 9.59 Å². The standard InChI is InChI=1S/C27H22N4O4/c1-16-13-19(17(2)30(16)21-8-11-24-18(14-21)5-4-12-28-24)15-23-25(32)29-27(34)31(26(23)33)20-6-9-22(35-3)10-7-20/h4-15H,1-3H3,(H,29,32,34). The predicted octanol–water partition coefficient (Wildman–Crippen LogP) is 4.32. The van der Waals surface area contributed by atoms with Crippen LogP contribution in [0.15, 0.2) is 72.4 Å². The number of methoxy groups -OCH3 is 1. The Labute approximate surface area is 201 Å². The van der Waals surface area contributed by atoms with Gasteiger partial charge in [-0.1, -0.05) is 6.07 Å². The number of anilines is 1. The highest BCUT2D eigenvalue weighted by Gasteiger charge is 2.37. The van der Waals surface area contributed by atoms with Crippen LogP contribution in [0.2, 0.25) is 0 Å². The SMILES string of the molecule is COc1ccc(N2C(=O)NC(=O)C(=Cc3cc(C)n(-c4ccc5ncccc5c4)c3C)C2=O)cc1. The molecule has 1 aliphatic rings. The largest absolute Gasteiger partial charge is 0.497 e. The maximum atomic E-state index is 13.3. The van der Waals surface area contributed by atoms with E-state index >= 15 is 0 Å². The van der Waals surface area contributed by atoms with Gasteiger partial charge in [0.1, 0.15) is 11.3 Å². The van der Waals surface area contributed by atoms with E-state index in [-0.39, 0.29) is 5.57 Å². The number of ether oxygens (including phenoxy) is 1. The third-order valence-electron chi connectivity index (χ3n) is 6.05. The number of barbiturate groups is 1. The Morgan fingerprint density at radius 1 is 0.943 bits per heavy atom. The van der Waals surface area contributed by atoms with E-state index in [4.69, 9.17) is 4.74 Å². The molecule has 5 rings (SSSR count). The van der Waals surface area contributed by atoms with Gasteiger partial charge >= 0.3 is 6.03 Å². The molecule has 174 valence electrons. The number of fused-ring (bicyclic) bond motifs is 1. The van der Waals surface area contributed by atoms with Gasteiger partial charge in [-0.2, -0.15) is 0 Å². The summed E-state index contributed by atoms with van der Waals surface area (Å²) in [6.07, 6.45) is 3.28. The van der Waals surface area contributed by atoms with Gasteiger partial charge in [0.2, 0.25) is 0 Å². The molecule has 1 saturated heterocycles. The number of imide groups is 2. The van der Waals surface area contributed by atoms with Crippen LogP contribution in [0.4, 0.5) is 10.5 Å². The quantitative estimate of drug-likeness (QED) is 0.357. The van der Waals surface area contributed by atoms with Gasteiger partial charge < -0.3 is 9.30 Å². The molecule has 0 aliphatic carbocycles. The Kier molecular flexibility index (Phi) is 5.41. The normalized spacial score (nSPS) is 15.1. The lowest BCUT2D eigenvalue weighted by Gasteiger charge is -2.26. The number of urea groups is 1. The smallest absolute Gasteiger partial charge is 0.335 e. The van der Waals surface area contributed by atoms with E-state index in [0.29, 0.717) is 17.0 Å².